The molecule has 32 heteroatoms. The van der Waals surface area contributed by atoms with Crippen LogP contribution in [0.1, 0.15) is 131 Å². The summed E-state index contributed by atoms with van der Waals surface area (Å²) < 4.78 is 0. The number of nitrogens with one attached hydrogen (secondary N) is 10. The van der Waals surface area contributed by atoms with Gasteiger partial charge in [-0.1, -0.05) is 78.3 Å². The van der Waals surface area contributed by atoms with E-state index in [9.17, 15) is 77.3 Å². The first-order valence-corrected chi connectivity index (χ1v) is 30.3. The molecule has 0 saturated carbocycles. The second kappa shape index (κ2) is 42.0. The summed E-state index contributed by atoms with van der Waals surface area (Å²) in [5.74, 6) is -15.8. The number of hydrogen-bond donors (Lipinski definition) is 18. The number of carboxylic acid groups (broad SMARTS) is 2. The molecule has 11 atom stereocenters. The second-order valence-corrected chi connectivity index (χ2v) is 22.9. The van der Waals surface area contributed by atoms with Crippen molar-refractivity contribution in [3.05, 3.63) is 35.9 Å². The van der Waals surface area contributed by atoms with Crippen molar-refractivity contribution in [3.63, 3.8) is 0 Å². The summed E-state index contributed by atoms with van der Waals surface area (Å²) in [4.78, 5) is 185. The van der Waals surface area contributed by atoms with Crippen molar-refractivity contribution in [3.8, 4) is 0 Å². The van der Waals surface area contributed by atoms with E-state index in [1.165, 1.54) is 0 Å². The lowest BCUT2D eigenvalue weighted by Crippen LogP contribution is -2.61. The van der Waals surface area contributed by atoms with Crippen LogP contribution in [0.25, 0.3) is 0 Å². The molecular weight excluding hydrogens is 1180 g/mol. The zero-order chi connectivity index (χ0) is 67.5. The summed E-state index contributed by atoms with van der Waals surface area (Å²) in [5, 5.41) is 43.6. The second-order valence-electron chi connectivity index (χ2n) is 22.5. The largest absolute Gasteiger partial charge is 0.481 e. The third-order valence-electron chi connectivity index (χ3n) is 13.9. The number of unbranched alkanes of at least 4 members (excludes halogenated alkanes) is 2. The molecule has 500 valence electrons. The van der Waals surface area contributed by atoms with Crippen molar-refractivity contribution < 1.29 is 77.3 Å². The van der Waals surface area contributed by atoms with E-state index in [2.05, 4.69) is 65.8 Å². The van der Waals surface area contributed by atoms with Crippen LogP contribution in [0.2, 0.25) is 0 Å². The van der Waals surface area contributed by atoms with Gasteiger partial charge in [0.15, 0.2) is 0 Å². The molecule has 0 fully saturated rings. The van der Waals surface area contributed by atoms with E-state index in [1.807, 2.05) is 6.92 Å². The van der Waals surface area contributed by atoms with Crippen LogP contribution in [0.5, 0.6) is 0 Å². The smallest absolute Gasteiger partial charge is 0.305 e. The maximum Gasteiger partial charge on any atom is 0.305 e. The topological polar surface area (TPSA) is 530 Å². The highest BCUT2D eigenvalue weighted by Gasteiger charge is 2.37. The van der Waals surface area contributed by atoms with Crippen molar-refractivity contribution in [2.45, 2.75) is 192 Å². The first kappa shape index (κ1) is 79.0. The van der Waals surface area contributed by atoms with Crippen molar-refractivity contribution in [1.82, 2.24) is 53.2 Å². The normalized spacial score (nSPS) is 14.8. The summed E-state index contributed by atoms with van der Waals surface area (Å²) >= 11 is 4.14. The summed E-state index contributed by atoms with van der Waals surface area (Å²) in [5.41, 5.74) is 29.2. The fraction of sp³-hybridized carbons (Fsp3) is 0.649. The summed E-state index contributed by atoms with van der Waals surface area (Å²) in [6, 6.07) is -5.89. The first-order chi connectivity index (χ1) is 41.9. The van der Waals surface area contributed by atoms with Gasteiger partial charge in [0.2, 0.25) is 70.9 Å². The molecule has 1 rings (SSSR count). The molecule has 89 heavy (non-hydrogen) atoms. The highest BCUT2D eigenvalue weighted by molar-refractivity contribution is 7.80. The maximum absolute atomic E-state index is 14.2. The van der Waals surface area contributed by atoms with Gasteiger partial charge in [0, 0.05) is 18.6 Å². The molecule has 22 N–H and O–H groups in total. The van der Waals surface area contributed by atoms with E-state index in [0.717, 1.165) is 0 Å². The Labute approximate surface area is 523 Å². The van der Waals surface area contributed by atoms with Gasteiger partial charge in [-0.05, 0) is 94.2 Å². The van der Waals surface area contributed by atoms with Crippen LogP contribution in [-0.2, 0) is 73.5 Å². The Hall–Kier alpha value is -7.97. The number of carboxylic acids is 2. The zero-order valence-corrected chi connectivity index (χ0v) is 52.5. The molecule has 0 unspecified atom stereocenters. The predicted octanol–water partition coefficient (Wildman–Crippen LogP) is -3.94. The molecule has 0 radical (unpaired) electrons. The fourth-order valence-electron chi connectivity index (χ4n) is 8.75. The van der Waals surface area contributed by atoms with Crippen LogP contribution < -0.4 is 81.8 Å². The van der Waals surface area contributed by atoms with Crippen molar-refractivity contribution in [1.29, 1.82) is 0 Å². The van der Waals surface area contributed by atoms with E-state index >= 15 is 0 Å². The highest BCUT2D eigenvalue weighted by Crippen LogP contribution is 2.13. The lowest BCUT2D eigenvalue weighted by molar-refractivity contribution is -0.141. The molecular formula is C57H95N15O16S. The Morgan fingerprint density at radius 2 is 0.888 bits per heavy atom. The quantitative estimate of drug-likeness (QED) is 0.0219. The number of thiol groups is 1. The van der Waals surface area contributed by atoms with Crippen LogP contribution in [0.3, 0.4) is 0 Å². The van der Waals surface area contributed by atoms with Gasteiger partial charge >= 0.3 is 11.9 Å². The number of hydrogen-bond acceptors (Lipinski definition) is 18. The average molecular weight is 1280 g/mol. The van der Waals surface area contributed by atoms with Crippen LogP contribution in [0.4, 0.5) is 0 Å². The van der Waals surface area contributed by atoms with Crippen LogP contribution in [0, 0.1) is 17.8 Å². The number of carbonyl (C=O) groups excluding carboxylic acids is 12. The number of nitrogens with two attached hydrogens (primary N) is 5. The Morgan fingerprint density at radius 1 is 0.483 bits per heavy atom. The van der Waals surface area contributed by atoms with E-state index in [-0.39, 0.29) is 69.4 Å². The predicted molar refractivity (Wildman–Crippen MR) is 329 cm³/mol. The molecule has 0 aliphatic rings. The molecule has 1 aromatic rings. The van der Waals surface area contributed by atoms with E-state index in [1.54, 1.807) is 65.0 Å². The summed E-state index contributed by atoms with van der Waals surface area (Å²) in [7, 11) is 0. The molecule has 1 aromatic carbocycles. The summed E-state index contributed by atoms with van der Waals surface area (Å²) in [6.07, 6.45) is -1.36. The standard InChI is InChI=1S/C57H95N15O16S/c1-7-32(6)47(61)57(88)67-35(18-12-14-22-59)50(81)66-36(19-20-45(75)76)52(83)70-40(26-43(60)73)55(86)69-39(24-31(4)5)54(85)65-34(17-11-13-21-58)51(82)71-41(27-46(77)78)56(87)72-42(29-89)49(80)63-28-44(74)64-38(23-30(2)3)53(84)68-37(48(62)79)25-33-15-9-8-10-16-33/h8-10,15-16,30-32,34-42,47,89H,7,11-14,17-29,58-59,61H2,1-6H3,(H2,60,73)(H2,62,79)(H,63,80)(H,64,74)(H,65,85)(H,66,81)(H,67,88)(H,68,84)(H,69,86)(H,70,83)(H,71,82)(H,72,87)(H,75,76)(H,77,78)/t32-,34-,35-,36-,37-,38-,39-,40-,41-,42-,47-/m0/s1. The number of rotatable bonds is 45. The Morgan fingerprint density at radius 3 is 1.31 bits per heavy atom. The Kier molecular flexibility index (Phi) is 37.3. The van der Waals surface area contributed by atoms with Crippen molar-refractivity contribution >= 4 is 95.5 Å². The molecule has 31 nitrogen and oxygen atoms in total. The van der Waals surface area contributed by atoms with Gasteiger partial charge in [-0.2, -0.15) is 12.6 Å². The highest BCUT2D eigenvalue weighted by atomic mass is 32.1. The maximum atomic E-state index is 14.2. The lowest BCUT2D eigenvalue weighted by Gasteiger charge is -2.28. The molecule has 0 spiro atoms. The van der Waals surface area contributed by atoms with E-state index in [4.69, 9.17) is 28.7 Å². The van der Waals surface area contributed by atoms with Gasteiger partial charge in [-0.25, -0.2) is 0 Å². The van der Waals surface area contributed by atoms with Gasteiger partial charge in [-0.15, -0.1) is 0 Å². The third kappa shape index (κ3) is 31.7. The number of primary amides is 2. The molecule has 0 aliphatic carbocycles. The van der Waals surface area contributed by atoms with Crippen molar-refractivity contribution in [2.24, 2.45) is 46.4 Å². The van der Waals surface area contributed by atoms with E-state index in [0.29, 0.717) is 31.2 Å². The minimum atomic E-state index is -1.91. The third-order valence-corrected chi connectivity index (χ3v) is 14.3. The minimum absolute atomic E-state index is 0.0446. The van der Waals surface area contributed by atoms with E-state index < -0.39 is 181 Å². The molecule has 0 aliphatic heterocycles. The Balaban J connectivity index is 3.40. The lowest BCUT2D eigenvalue weighted by atomic mass is 9.98. The number of aliphatic carboxylic acids is 2. The minimum Gasteiger partial charge on any atom is -0.481 e. The monoisotopic (exact) mass is 1280 g/mol. The molecule has 0 bridgehead atoms. The number of amides is 12. The van der Waals surface area contributed by atoms with Gasteiger partial charge in [-0.3, -0.25) is 67.1 Å². The average Bonchev–Trinajstić information content (AvgIpc) is 3.50. The zero-order valence-electron chi connectivity index (χ0n) is 51.6. The number of benzene rings is 1. The van der Waals surface area contributed by atoms with Gasteiger partial charge in [0.1, 0.15) is 54.4 Å². The molecule has 0 saturated heterocycles. The molecule has 0 aromatic heterocycles. The van der Waals surface area contributed by atoms with Gasteiger partial charge in [0.05, 0.1) is 25.4 Å². The Bertz CT molecular complexity index is 2550. The molecule has 0 heterocycles. The number of carbonyl (C=O) groups is 14. The van der Waals surface area contributed by atoms with Crippen LogP contribution >= 0.6 is 12.6 Å². The van der Waals surface area contributed by atoms with Crippen molar-refractivity contribution in [2.75, 3.05) is 25.4 Å². The summed E-state index contributed by atoms with van der Waals surface area (Å²) in [6.45, 7) is 10.1. The molecule has 12 amide bonds. The first-order valence-electron chi connectivity index (χ1n) is 29.7. The van der Waals surface area contributed by atoms with Gasteiger partial charge < -0.3 is 92.0 Å². The van der Waals surface area contributed by atoms with Crippen LogP contribution in [-0.4, -0.2) is 179 Å². The van der Waals surface area contributed by atoms with Crippen LogP contribution in [0.15, 0.2) is 30.3 Å². The fourth-order valence-corrected chi connectivity index (χ4v) is 9.01. The van der Waals surface area contributed by atoms with Gasteiger partial charge in [0.25, 0.3) is 0 Å². The SMILES string of the molecule is CC[C@H](C)[C@H](N)C(=O)N[C@@H](CCCCN)C(=O)N[C@@H](CCC(=O)O)C(=O)N[C@@H](CC(N)=O)C(=O)N[C@@H](CC(C)C)C(=O)N[C@@H](CCCCN)C(=O)N[C@@H](CC(=O)O)C(=O)N[C@@H](CS)C(=O)NCC(=O)N[C@@H](CC(C)C)C(=O)N[C@@H](Cc1ccccc1)C(N)=O.